The highest BCUT2D eigenvalue weighted by molar-refractivity contribution is 6.30. The number of anilines is 1. The van der Waals surface area contributed by atoms with Crippen LogP contribution in [0.25, 0.3) is 0 Å². The van der Waals surface area contributed by atoms with Gasteiger partial charge in [-0.15, -0.1) is 0 Å². The molecule has 2 aromatic rings. The topological polar surface area (TPSA) is 52.9 Å². The molecule has 0 unspecified atom stereocenters. The fraction of sp³-hybridized carbons (Fsp3) is 0.125. The number of amides is 1. The second-order valence-corrected chi connectivity index (χ2v) is 4.96. The number of nitrogens with one attached hydrogen (secondary N) is 1. The summed E-state index contributed by atoms with van der Waals surface area (Å²) in [6.45, 7) is 3.66. The molecule has 0 spiro atoms. The number of rotatable bonds is 2. The lowest BCUT2D eigenvalue weighted by Crippen LogP contribution is -2.14. The zero-order chi connectivity index (χ0) is 14.7. The first-order valence-electron chi connectivity index (χ1n) is 6.10. The van der Waals surface area contributed by atoms with Crippen LogP contribution in [0.2, 0.25) is 5.02 Å². The van der Waals surface area contributed by atoms with Crippen LogP contribution in [0.15, 0.2) is 36.4 Å². The number of carbonyl (C=O) groups excluding carboxylic acids is 1. The third-order valence-electron chi connectivity index (χ3n) is 3.07. The first kappa shape index (κ1) is 14.1. The van der Waals surface area contributed by atoms with Crippen molar-refractivity contribution in [3.05, 3.63) is 63.7 Å². The predicted molar refractivity (Wildman–Crippen MR) is 80.0 cm³/mol. The van der Waals surface area contributed by atoms with E-state index in [2.05, 4.69) is 11.4 Å². The molecule has 1 amide bonds. The van der Waals surface area contributed by atoms with Gasteiger partial charge in [-0.3, -0.25) is 4.79 Å². The molecular formula is C16H13ClN2O. The first-order chi connectivity index (χ1) is 9.52. The minimum absolute atomic E-state index is 0.249. The van der Waals surface area contributed by atoms with E-state index in [1.807, 2.05) is 19.9 Å². The van der Waals surface area contributed by atoms with Gasteiger partial charge >= 0.3 is 0 Å². The summed E-state index contributed by atoms with van der Waals surface area (Å²) < 4.78 is 0. The number of hydrogen-bond acceptors (Lipinski definition) is 2. The average Bonchev–Trinajstić information content (AvgIpc) is 2.38. The van der Waals surface area contributed by atoms with Gasteiger partial charge in [0, 0.05) is 10.6 Å². The largest absolute Gasteiger partial charge is 0.321 e. The number of halogens is 1. The molecule has 20 heavy (non-hydrogen) atoms. The van der Waals surface area contributed by atoms with Crippen LogP contribution in [0, 0.1) is 25.2 Å². The van der Waals surface area contributed by atoms with E-state index >= 15 is 0 Å². The maximum Gasteiger partial charge on any atom is 0.255 e. The van der Waals surface area contributed by atoms with Crippen LogP contribution < -0.4 is 5.32 Å². The fourth-order valence-electron chi connectivity index (χ4n) is 1.99. The van der Waals surface area contributed by atoms with Crippen LogP contribution in [0.4, 0.5) is 5.69 Å². The molecule has 0 fully saturated rings. The highest BCUT2D eigenvalue weighted by atomic mass is 35.5. The Morgan fingerprint density at radius 2 is 1.95 bits per heavy atom. The number of nitriles is 1. The zero-order valence-electron chi connectivity index (χ0n) is 11.2. The summed E-state index contributed by atoms with van der Waals surface area (Å²) in [6, 6.07) is 12.5. The van der Waals surface area contributed by atoms with Gasteiger partial charge in [0.2, 0.25) is 0 Å². The van der Waals surface area contributed by atoms with Crippen molar-refractivity contribution in [1.82, 2.24) is 0 Å². The molecule has 0 aliphatic rings. The molecule has 0 radical (unpaired) electrons. The molecule has 0 aromatic heterocycles. The third-order valence-corrected chi connectivity index (χ3v) is 3.30. The second kappa shape index (κ2) is 5.77. The Kier molecular flexibility index (Phi) is 4.07. The lowest BCUT2D eigenvalue weighted by Gasteiger charge is -2.10. The van der Waals surface area contributed by atoms with E-state index in [0.29, 0.717) is 21.8 Å². The van der Waals surface area contributed by atoms with E-state index < -0.39 is 0 Å². The number of hydrogen-bond donors (Lipinski definition) is 1. The predicted octanol–water partition coefficient (Wildman–Crippen LogP) is 4.08. The Balaban J connectivity index is 2.33. The van der Waals surface area contributed by atoms with E-state index in [4.69, 9.17) is 16.9 Å². The maximum absolute atomic E-state index is 12.3. The zero-order valence-corrected chi connectivity index (χ0v) is 12.0. The van der Waals surface area contributed by atoms with Gasteiger partial charge in [-0.05, 0) is 49.2 Å². The van der Waals surface area contributed by atoms with Crippen LogP contribution in [-0.4, -0.2) is 5.91 Å². The molecule has 0 atom stereocenters. The molecule has 100 valence electrons. The lowest BCUT2D eigenvalue weighted by atomic mass is 10.1. The van der Waals surface area contributed by atoms with E-state index in [1.54, 1.807) is 30.3 Å². The molecule has 0 aliphatic carbocycles. The van der Waals surface area contributed by atoms with Gasteiger partial charge in [0.25, 0.3) is 5.91 Å². The molecule has 4 heteroatoms. The minimum atomic E-state index is -0.249. The monoisotopic (exact) mass is 284 g/mol. The summed E-state index contributed by atoms with van der Waals surface area (Å²) in [5.74, 6) is -0.249. The smallest absolute Gasteiger partial charge is 0.255 e. The minimum Gasteiger partial charge on any atom is -0.321 e. The van der Waals surface area contributed by atoms with Gasteiger partial charge in [0.15, 0.2) is 0 Å². The van der Waals surface area contributed by atoms with E-state index in [1.165, 1.54) is 0 Å². The van der Waals surface area contributed by atoms with E-state index in [0.717, 1.165) is 11.1 Å². The van der Waals surface area contributed by atoms with Crippen LogP contribution in [0.3, 0.4) is 0 Å². The first-order valence-corrected chi connectivity index (χ1v) is 6.48. The Morgan fingerprint density at radius 1 is 1.20 bits per heavy atom. The van der Waals surface area contributed by atoms with Gasteiger partial charge < -0.3 is 5.32 Å². The van der Waals surface area contributed by atoms with Gasteiger partial charge in [-0.2, -0.15) is 5.26 Å². The van der Waals surface area contributed by atoms with Crippen molar-refractivity contribution in [1.29, 1.82) is 5.26 Å². The van der Waals surface area contributed by atoms with Crippen LogP contribution in [-0.2, 0) is 0 Å². The van der Waals surface area contributed by atoms with Crippen LogP contribution in [0.5, 0.6) is 0 Å². The summed E-state index contributed by atoms with van der Waals surface area (Å²) in [6.07, 6.45) is 0. The van der Waals surface area contributed by atoms with Crippen molar-refractivity contribution >= 4 is 23.2 Å². The van der Waals surface area contributed by atoms with Crippen molar-refractivity contribution in [2.24, 2.45) is 0 Å². The van der Waals surface area contributed by atoms with Crippen molar-refractivity contribution in [2.45, 2.75) is 13.8 Å². The summed E-state index contributed by atoms with van der Waals surface area (Å²) in [7, 11) is 0. The average molecular weight is 285 g/mol. The van der Waals surface area contributed by atoms with Crippen molar-refractivity contribution in [2.75, 3.05) is 5.32 Å². The fourth-order valence-corrected chi connectivity index (χ4v) is 2.22. The number of carbonyl (C=O) groups is 1. The van der Waals surface area contributed by atoms with Crippen molar-refractivity contribution < 1.29 is 4.79 Å². The molecule has 2 aromatic carbocycles. The number of nitrogens with zero attached hydrogens (tertiary/aromatic N) is 1. The van der Waals surface area contributed by atoms with E-state index in [-0.39, 0.29) is 5.91 Å². The second-order valence-electron chi connectivity index (χ2n) is 4.52. The molecule has 0 saturated heterocycles. The van der Waals surface area contributed by atoms with Gasteiger partial charge in [-0.25, -0.2) is 0 Å². The Morgan fingerprint density at radius 3 is 2.60 bits per heavy atom. The molecule has 1 N–H and O–H groups in total. The molecule has 2 rings (SSSR count). The molecule has 3 nitrogen and oxygen atoms in total. The number of benzene rings is 2. The number of aryl methyl sites for hydroxylation is 2. The summed E-state index contributed by atoms with van der Waals surface area (Å²) >= 11 is 5.88. The Labute approximate surface area is 122 Å². The van der Waals surface area contributed by atoms with E-state index in [9.17, 15) is 4.79 Å². The van der Waals surface area contributed by atoms with Gasteiger partial charge in [-0.1, -0.05) is 23.7 Å². The molecule has 0 bridgehead atoms. The standard InChI is InChI=1S/C16H13ClN2O/c1-10-4-3-5-15(14(10)9-18)19-16(20)13-7-6-12(17)8-11(13)2/h3-8H,1-2H3,(H,19,20). The molecule has 0 aliphatic heterocycles. The quantitative estimate of drug-likeness (QED) is 0.903. The molecule has 0 saturated carbocycles. The summed E-state index contributed by atoms with van der Waals surface area (Å²) in [5, 5.41) is 12.5. The van der Waals surface area contributed by atoms with Crippen LogP contribution >= 0.6 is 11.6 Å². The van der Waals surface area contributed by atoms with Crippen molar-refractivity contribution in [3.8, 4) is 6.07 Å². The highest BCUT2D eigenvalue weighted by Crippen LogP contribution is 2.21. The summed E-state index contributed by atoms with van der Waals surface area (Å²) in [4.78, 5) is 12.3. The Bertz CT molecular complexity index is 717. The highest BCUT2D eigenvalue weighted by Gasteiger charge is 2.12. The maximum atomic E-state index is 12.3. The third kappa shape index (κ3) is 2.81. The normalized spacial score (nSPS) is 9.90. The van der Waals surface area contributed by atoms with Gasteiger partial charge in [0.05, 0.1) is 11.3 Å². The van der Waals surface area contributed by atoms with Crippen LogP contribution in [0.1, 0.15) is 27.0 Å². The summed E-state index contributed by atoms with van der Waals surface area (Å²) in [5.41, 5.74) is 3.17. The Hall–Kier alpha value is -2.31. The SMILES string of the molecule is Cc1cc(Cl)ccc1C(=O)Nc1cccc(C)c1C#N. The molecular weight excluding hydrogens is 272 g/mol. The van der Waals surface area contributed by atoms with Crippen molar-refractivity contribution in [3.63, 3.8) is 0 Å². The van der Waals surface area contributed by atoms with Gasteiger partial charge in [0.1, 0.15) is 6.07 Å². The molecule has 0 heterocycles. The lowest BCUT2D eigenvalue weighted by molar-refractivity contribution is 0.102.